The number of hydrogen-bond donors (Lipinski definition) is 2. The van der Waals surface area contributed by atoms with Crippen LogP contribution in [-0.4, -0.2) is 46.4 Å². The van der Waals surface area contributed by atoms with Crippen LogP contribution in [0.4, 0.5) is 4.39 Å². The van der Waals surface area contributed by atoms with Crippen molar-refractivity contribution in [2.24, 2.45) is 29.1 Å². The Bertz CT molecular complexity index is 1090. The van der Waals surface area contributed by atoms with Crippen LogP contribution in [0.3, 0.4) is 0 Å². The van der Waals surface area contributed by atoms with Crippen molar-refractivity contribution >= 4 is 5.91 Å². The summed E-state index contributed by atoms with van der Waals surface area (Å²) in [6.07, 6.45) is 23.4. The molecular weight excluding hydrogens is 573 g/mol. The molecule has 0 aromatic heterocycles. The number of rotatable bonds is 17. The van der Waals surface area contributed by atoms with Gasteiger partial charge in [0, 0.05) is 25.4 Å². The van der Waals surface area contributed by atoms with Gasteiger partial charge in [0.05, 0.1) is 6.10 Å². The van der Waals surface area contributed by atoms with Gasteiger partial charge in [-0.25, -0.2) is 4.39 Å². The molecule has 5 heteroatoms. The first kappa shape index (κ1) is 35.7. The van der Waals surface area contributed by atoms with Gasteiger partial charge < -0.3 is 15.1 Å². The molecule has 260 valence electrons. The van der Waals surface area contributed by atoms with Crippen LogP contribution in [-0.2, 0) is 11.2 Å². The van der Waals surface area contributed by atoms with Gasteiger partial charge in [-0.1, -0.05) is 103 Å². The molecule has 0 saturated heterocycles. The molecule has 4 aliphatic rings. The van der Waals surface area contributed by atoms with Gasteiger partial charge in [0.25, 0.3) is 0 Å². The number of fused-ring (bicyclic) bond motifs is 5. The van der Waals surface area contributed by atoms with Crippen molar-refractivity contribution in [2.75, 3.05) is 13.1 Å². The van der Waals surface area contributed by atoms with Crippen molar-refractivity contribution in [2.45, 2.75) is 173 Å². The zero-order chi connectivity index (χ0) is 32.5. The van der Waals surface area contributed by atoms with E-state index in [0.29, 0.717) is 24.2 Å². The average molecular weight is 640 g/mol. The third-order valence-corrected chi connectivity index (χ3v) is 13.2. The molecule has 0 radical (unpaired) electrons. The maximum absolute atomic E-state index is 16.1. The lowest BCUT2D eigenvalue weighted by molar-refractivity contribution is -0.131. The van der Waals surface area contributed by atoms with Crippen LogP contribution in [0.2, 0.25) is 0 Å². The number of halogens is 1. The molecule has 46 heavy (non-hydrogen) atoms. The Morgan fingerprint density at radius 3 is 2.35 bits per heavy atom. The van der Waals surface area contributed by atoms with E-state index in [1.165, 1.54) is 64.2 Å². The van der Waals surface area contributed by atoms with Crippen LogP contribution < -0.4 is 0 Å². The quantitative estimate of drug-likeness (QED) is 0.167. The third-order valence-electron chi connectivity index (χ3n) is 13.2. The number of unbranched alkanes of at least 4 members (excludes halogenated alkanes) is 8. The number of amides is 1. The topological polar surface area (TPSA) is 60.8 Å². The number of alkyl halides is 1. The standard InChI is InChI=1S/C41H66FNO3/c1-3-4-5-6-8-14-25-43(38(46)24-19-30-16-11-10-12-17-30)26-15-9-7-13-18-31-27-32-28-33(44)20-21-34(32)40-36(42)29-41(2)35(39(31)40)22-23-37(41)45/h20-21,28,30-31,35-37,39-40,44-45H,3-19,22-27,29H2,1-2H3/t31-,35?,36+,37+,39?,40?,41+/m1/s1. The minimum atomic E-state index is -0.946. The van der Waals surface area contributed by atoms with E-state index < -0.39 is 12.3 Å². The number of carbonyl (C=O) groups is 1. The van der Waals surface area contributed by atoms with E-state index in [-0.39, 0.29) is 23.0 Å². The van der Waals surface area contributed by atoms with Gasteiger partial charge in [-0.3, -0.25) is 4.79 Å². The maximum Gasteiger partial charge on any atom is 0.222 e. The van der Waals surface area contributed by atoms with E-state index in [9.17, 15) is 15.0 Å². The highest BCUT2D eigenvalue weighted by atomic mass is 19.1. The van der Waals surface area contributed by atoms with Crippen molar-refractivity contribution in [3.8, 4) is 5.75 Å². The summed E-state index contributed by atoms with van der Waals surface area (Å²) >= 11 is 0. The number of aromatic hydroxyl groups is 1. The summed E-state index contributed by atoms with van der Waals surface area (Å²) in [6, 6.07) is 5.59. The molecular formula is C41H66FNO3. The van der Waals surface area contributed by atoms with E-state index in [1.807, 2.05) is 12.1 Å². The van der Waals surface area contributed by atoms with Gasteiger partial charge >= 0.3 is 0 Å². The lowest BCUT2D eigenvalue weighted by Gasteiger charge is -2.54. The number of phenols is 1. The molecule has 3 fully saturated rings. The maximum atomic E-state index is 16.1. The first-order valence-electron chi connectivity index (χ1n) is 19.7. The lowest BCUT2D eigenvalue weighted by Crippen LogP contribution is -2.51. The molecule has 1 aromatic carbocycles. The van der Waals surface area contributed by atoms with Crippen molar-refractivity contribution < 1.29 is 19.4 Å². The summed E-state index contributed by atoms with van der Waals surface area (Å²) in [4.78, 5) is 15.6. The lowest BCUT2D eigenvalue weighted by atomic mass is 9.51. The van der Waals surface area contributed by atoms with Crippen LogP contribution in [0.15, 0.2) is 18.2 Å². The molecule has 2 N–H and O–H groups in total. The molecule has 7 atom stereocenters. The Morgan fingerprint density at radius 1 is 0.913 bits per heavy atom. The minimum Gasteiger partial charge on any atom is -0.508 e. The summed E-state index contributed by atoms with van der Waals surface area (Å²) in [5.41, 5.74) is 1.91. The first-order chi connectivity index (χ1) is 22.3. The number of aliphatic hydroxyl groups excluding tert-OH is 1. The molecule has 1 aromatic rings. The number of phenolic OH excluding ortho intramolecular Hbond substituents is 1. The number of aliphatic hydroxyl groups is 1. The number of nitrogens with zero attached hydrogens (tertiary/aromatic N) is 1. The SMILES string of the molecule is CCCCCCCCN(CCCCCC[C@@H]1Cc2cc(O)ccc2C2C1C1CC[C@H](O)[C@@]1(C)C[C@@H]2F)C(=O)CCC1CCCCC1. The zero-order valence-electron chi connectivity index (χ0n) is 29.4. The molecule has 0 bridgehead atoms. The zero-order valence-corrected chi connectivity index (χ0v) is 29.4. The fraction of sp³-hybridized carbons (Fsp3) is 0.829. The summed E-state index contributed by atoms with van der Waals surface area (Å²) in [5.74, 6) is 2.31. The molecule has 3 saturated carbocycles. The van der Waals surface area contributed by atoms with Crippen molar-refractivity contribution in [3.05, 3.63) is 29.3 Å². The highest BCUT2D eigenvalue weighted by Gasteiger charge is 2.59. The second kappa shape index (κ2) is 17.2. The molecule has 5 rings (SSSR count). The normalized spacial score (nSPS) is 30.9. The van der Waals surface area contributed by atoms with E-state index in [0.717, 1.165) is 101 Å². The molecule has 0 aliphatic heterocycles. The van der Waals surface area contributed by atoms with Crippen molar-refractivity contribution in [1.29, 1.82) is 0 Å². The van der Waals surface area contributed by atoms with Gasteiger partial charge in [-0.05, 0) is 104 Å². The molecule has 4 nitrogen and oxygen atoms in total. The second-order valence-corrected chi connectivity index (χ2v) is 16.3. The Kier molecular flexibility index (Phi) is 13.3. The number of hydrogen-bond acceptors (Lipinski definition) is 3. The van der Waals surface area contributed by atoms with Gasteiger partial charge in [0.1, 0.15) is 11.9 Å². The van der Waals surface area contributed by atoms with Crippen molar-refractivity contribution in [1.82, 2.24) is 4.90 Å². The highest BCUT2D eigenvalue weighted by Crippen LogP contribution is 2.63. The third kappa shape index (κ3) is 8.69. The molecule has 0 spiro atoms. The Labute approximate surface area is 280 Å². The summed E-state index contributed by atoms with van der Waals surface area (Å²) in [6.45, 7) is 6.22. The summed E-state index contributed by atoms with van der Waals surface area (Å²) < 4.78 is 16.1. The fourth-order valence-electron chi connectivity index (χ4n) is 10.5. The predicted octanol–water partition coefficient (Wildman–Crippen LogP) is 10.3. The van der Waals surface area contributed by atoms with Gasteiger partial charge in [-0.2, -0.15) is 0 Å². The van der Waals surface area contributed by atoms with Crippen LogP contribution >= 0.6 is 0 Å². The number of carbonyl (C=O) groups excluding carboxylic acids is 1. The molecule has 1 amide bonds. The van der Waals surface area contributed by atoms with E-state index >= 15 is 4.39 Å². The average Bonchev–Trinajstić information content (AvgIpc) is 3.35. The predicted molar refractivity (Wildman–Crippen MR) is 187 cm³/mol. The highest BCUT2D eigenvalue weighted by molar-refractivity contribution is 5.76. The van der Waals surface area contributed by atoms with E-state index in [2.05, 4.69) is 18.7 Å². The largest absolute Gasteiger partial charge is 0.508 e. The molecule has 0 heterocycles. The Morgan fingerprint density at radius 2 is 1.61 bits per heavy atom. The van der Waals surface area contributed by atoms with Gasteiger partial charge in [-0.15, -0.1) is 0 Å². The van der Waals surface area contributed by atoms with Crippen LogP contribution in [0.5, 0.6) is 5.75 Å². The summed E-state index contributed by atoms with van der Waals surface area (Å²) in [5, 5.41) is 21.2. The van der Waals surface area contributed by atoms with Crippen molar-refractivity contribution in [3.63, 3.8) is 0 Å². The fourth-order valence-corrected chi connectivity index (χ4v) is 10.5. The van der Waals surface area contributed by atoms with Gasteiger partial charge in [0.15, 0.2) is 0 Å². The van der Waals surface area contributed by atoms with E-state index in [1.54, 1.807) is 6.07 Å². The second-order valence-electron chi connectivity index (χ2n) is 16.3. The minimum absolute atomic E-state index is 0.118. The molecule has 3 unspecified atom stereocenters. The van der Waals surface area contributed by atoms with Crippen LogP contribution in [0, 0.1) is 29.1 Å². The monoisotopic (exact) mass is 640 g/mol. The Balaban J connectivity index is 1.13. The Hall–Kier alpha value is -1.62. The smallest absolute Gasteiger partial charge is 0.222 e. The molecule has 4 aliphatic carbocycles. The number of benzene rings is 1. The van der Waals surface area contributed by atoms with E-state index in [4.69, 9.17) is 0 Å². The first-order valence-corrected chi connectivity index (χ1v) is 19.7. The summed E-state index contributed by atoms with van der Waals surface area (Å²) in [7, 11) is 0. The van der Waals surface area contributed by atoms with Crippen LogP contribution in [0.1, 0.15) is 166 Å². The van der Waals surface area contributed by atoms with Gasteiger partial charge in [0.2, 0.25) is 5.91 Å². The van der Waals surface area contributed by atoms with Crippen LogP contribution in [0.25, 0.3) is 0 Å².